The third-order valence-electron chi connectivity index (χ3n) is 7.04. The summed E-state index contributed by atoms with van der Waals surface area (Å²) in [6.07, 6.45) is 6.33. The van der Waals surface area contributed by atoms with Gasteiger partial charge < -0.3 is 24.6 Å². The molecule has 0 amide bonds. The van der Waals surface area contributed by atoms with Crippen molar-refractivity contribution in [3.05, 3.63) is 48.8 Å². The molecule has 2 aromatic heterocycles. The van der Waals surface area contributed by atoms with Gasteiger partial charge in [-0.2, -0.15) is 15.1 Å². The van der Waals surface area contributed by atoms with Gasteiger partial charge in [0, 0.05) is 25.9 Å². The quantitative estimate of drug-likeness (QED) is 0.139. The van der Waals surface area contributed by atoms with E-state index in [2.05, 4.69) is 26.0 Å². The van der Waals surface area contributed by atoms with E-state index in [1.54, 1.807) is 41.8 Å². The summed E-state index contributed by atoms with van der Waals surface area (Å²) >= 11 is 0. The number of rotatable bonds is 11. The number of carbonyl (C=O) groups excluding carboxylic acids is 1. The van der Waals surface area contributed by atoms with E-state index in [-0.39, 0.29) is 18.7 Å². The molecular formula is C30H36N7O6P. The summed E-state index contributed by atoms with van der Waals surface area (Å²) in [5, 5.41) is 4.34. The number of nitrogens with two attached hydrogens (primary N) is 1. The number of carbonyl (C=O) groups is 1. The van der Waals surface area contributed by atoms with Gasteiger partial charge in [0.15, 0.2) is 17.0 Å². The molecule has 1 aliphatic rings. The molecule has 0 saturated carbocycles. The van der Waals surface area contributed by atoms with Gasteiger partial charge in [-0.25, -0.2) is 9.55 Å². The highest BCUT2D eigenvalue weighted by Crippen LogP contribution is 2.48. The summed E-state index contributed by atoms with van der Waals surface area (Å²) in [6.45, 7) is 4.79. The van der Waals surface area contributed by atoms with Crippen LogP contribution in [0.2, 0.25) is 0 Å². The summed E-state index contributed by atoms with van der Waals surface area (Å²) < 4.78 is 39.6. The molecular weight excluding hydrogens is 585 g/mol. The van der Waals surface area contributed by atoms with Crippen LogP contribution in [0.3, 0.4) is 0 Å². The molecule has 14 heteroatoms. The third-order valence-corrected chi connectivity index (χ3v) is 8.67. The number of hydrogen-bond acceptors (Lipinski definition) is 11. The molecule has 44 heavy (non-hydrogen) atoms. The molecule has 5 atom stereocenters. The van der Waals surface area contributed by atoms with E-state index in [1.165, 1.54) is 6.92 Å². The van der Waals surface area contributed by atoms with Crippen LogP contribution < -0.4 is 20.2 Å². The topological polar surface area (TPSA) is 156 Å². The van der Waals surface area contributed by atoms with Crippen LogP contribution in [0.4, 0.5) is 11.8 Å². The molecule has 1 fully saturated rings. The second-order valence-electron chi connectivity index (χ2n) is 11.0. The molecule has 0 unspecified atom stereocenters. The molecule has 1 aliphatic heterocycles. The monoisotopic (exact) mass is 621 g/mol. The maximum Gasteiger partial charge on any atom is 0.459 e. The zero-order chi connectivity index (χ0) is 31.6. The number of nitrogens with zero attached hydrogens (tertiary/aromatic N) is 5. The summed E-state index contributed by atoms with van der Waals surface area (Å²) in [5.41, 5.74) is 7.04. The van der Waals surface area contributed by atoms with E-state index in [1.807, 2.05) is 44.4 Å². The van der Waals surface area contributed by atoms with Crippen LogP contribution in [0, 0.1) is 18.3 Å². The van der Waals surface area contributed by atoms with Gasteiger partial charge in [-0.1, -0.05) is 36.4 Å². The highest BCUT2D eigenvalue weighted by atomic mass is 31.2. The van der Waals surface area contributed by atoms with E-state index >= 15 is 0 Å². The Morgan fingerprint density at radius 1 is 1.23 bits per heavy atom. The van der Waals surface area contributed by atoms with Crippen molar-refractivity contribution in [2.45, 2.75) is 51.7 Å². The number of terminal acetylenes is 1. The van der Waals surface area contributed by atoms with Crippen molar-refractivity contribution in [2.24, 2.45) is 5.92 Å². The number of hydrogen-bond donors (Lipinski definition) is 2. The first-order valence-corrected chi connectivity index (χ1v) is 15.7. The number of ether oxygens (including phenoxy) is 2. The van der Waals surface area contributed by atoms with Crippen LogP contribution in [0.1, 0.15) is 33.4 Å². The highest BCUT2D eigenvalue weighted by Gasteiger charge is 2.40. The minimum Gasteiger partial charge on any atom is -0.462 e. The first kappa shape index (κ1) is 31.2. The Bertz CT molecular complexity index is 1750. The fourth-order valence-electron chi connectivity index (χ4n) is 4.96. The predicted octanol–water partition coefficient (Wildman–Crippen LogP) is 4.30. The average Bonchev–Trinajstić information content (AvgIpc) is 3.59. The SMILES string of the molecule is C#C[C@@H]1C[C@H](n2cnc3c(N(C)C)nc(N)nc32)O[C@@H]1CO[P@@](=O)(N[C@H](C)C(=O)OC(C)C)Oc1cccc2ccccc12. The van der Waals surface area contributed by atoms with Gasteiger partial charge in [-0.3, -0.25) is 13.9 Å². The minimum absolute atomic E-state index is 0.0945. The Morgan fingerprint density at radius 3 is 2.70 bits per heavy atom. The standard InChI is InChI=1S/C30H36N7O6P/c1-7-20-15-25(37-17-32-26-27(36(5)6)33-30(31)34-28(26)37)42-24(20)16-40-44(39,35-19(4)29(38)41-18(2)3)43-23-14-10-12-21-11-8-9-13-22(21)23/h1,8-14,17-20,24-25H,15-16H2,2-6H3,(H,35,39)(H2,31,33,34)/t19-,20-,24-,25-,44+/m1/s1. The van der Waals surface area contributed by atoms with Gasteiger partial charge in [0.25, 0.3) is 0 Å². The number of fused-ring (bicyclic) bond motifs is 2. The molecule has 1 saturated heterocycles. The normalized spacial score (nSPS) is 20.3. The summed E-state index contributed by atoms with van der Waals surface area (Å²) in [5.74, 6) is 2.73. The van der Waals surface area contributed by atoms with Crippen molar-refractivity contribution >= 4 is 47.4 Å². The first-order chi connectivity index (χ1) is 21.0. The van der Waals surface area contributed by atoms with E-state index in [4.69, 9.17) is 30.7 Å². The van der Waals surface area contributed by atoms with Gasteiger partial charge >= 0.3 is 13.7 Å². The molecule has 232 valence electrons. The fourth-order valence-corrected chi connectivity index (χ4v) is 6.48. The maximum atomic E-state index is 14.3. The predicted molar refractivity (Wildman–Crippen MR) is 167 cm³/mol. The maximum absolute atomic E-state index is 14.3. The van der Waals surface area contributed by atoms with Crippen molar-refractivity contribution in [1.29, 1.82) is 0 Å². The number of anilines is 2. The smallest absolute Gasteiger partial charge is 0.459 e. The Hall–Kier alpha value is -4.21. The third kappa shape index (κ3) is 6.64. The van der Waals surface area contributed by atoms with Crippen molar-refractivity contribution in [3.63, 3.8) is 0 Å². The van der Waals surface area contributed by atoms with Crippen LogP contribution in [-0.4, -0.2) is 64.4 Å². The lowest BCUT2D eigenvalue weighted by molar-refractivity contribution is -0.149. The molecule has 2 aromatic carbocycles. The Morgan fingerprint density at radius 2 is 1.98 bits per heavy atom. The lowest BCUT2D eigenvalue weighted by atomic mass is 10.0. The lowest BCUT2D eigenvalue weighted by Gasteiger charge is -2.25. The van der Waals surface area contributed by atoms with Crippen LogP contribution >= 0.6 is 7.75 Å². The van der Waals surface area contributed by atoms with Crippen LogP contribution in [0.25, 0.3) is 21.9 Å². The summed E-state index contributed by atoms with van der Waals surface area (Å²) in [6, 6.07) is 11.9. The second-order valence-corrected chi connectivity index (χ2v) is 12.7. The van der Waals surface area contributed by atoms with Crippen molar-refractivity contribution in [2.75, 3.05) is 31.3 Å². The first-order valence-electron chi connectivity index (χ1n) is 14.2. The fraction of sp³-hybridized carbons (Fsp3) is 0.400. The molecule has 13 nitrogen and oxygen atoms in total. The van der Waals surface area contributed by atoms with Gasteiger partial charge in [0.05, 0.1) is 31.1 Å². The molecule has 3 heterocycles. The van der Waals surface area contributed by atoms with Crippen LogP contribution in [-0.2, 0) is 23.4 Å². The zero-order valence-corrected chi connectivity index (χ0v) is 26.1. The van der Waals surface area contributed by atoms with E-state index < -0.39 is 38.0 Å². The highest BCUT2D eigenvalue weighted by molar-refractivity contribution is 7.52. The second kappa shape index (κ2) is 12.8. The van der Waals surface area contributed by atoms with Crippen molar-refractivity contribution < 1.29 is 27.9 Å². The van der Waals surface area contributed by atoms with Crippen LogP contribution in [0.15, 0.2) is 48.8 Å². The molecule has 0 bridgehead atoms. The zero-order valence-electron chi connectivity index (χ0n) is 25.2. The largest absolute Gasteiger partial charge is 0.462 e. The number of nitrogen functional groups attached to an aromatic ring is 1. The van der Waals surface area contributed by atoms with Crippen molar-refractivity contribution in [1.82, 2.24) is 24.6 Å². The average molecular weight is 622 g/mol. The summed E-state index contributed by atoms with van der Waals surface area (Å²) in [4.78, 5) is 27.6. The summed E-state index contributed by atoms with van der Waals surface area (Å²) in [7, 11) is -0.518. The Labute approximate surface area is 255 Å². The minimum atomic E-state index is -4.19. The number of nitrogens with one attached hydrogen (secondary N) is 1. The van der Waals surface area contributed by atoms with Crippen molar-refractivity contribution in [3.8, 4) is 18.1 Å². The van der Waals surface area contributed by atoms with Crippen LogP contribution in [0.5, 0.6) is 5.75 Å². The Balaban J connectivity index is 1.39. The molecule has 0 aliphatic carbocycles. The number of imidazole rings is 1. The van der Waals surface area contributed by atoms with Gasteiger partial charge in [0.1, 0.15) is 18.0 Å². The Kier molecular flexibility index (Phi) is 9.08. The molecule has 0 spiro atoms. The number of benzene rings is 2. The van der Waals surface area contributed by atoms with Gasteiger partial charge in [-0.05, 0) is 32.2 Å². The van der Waals surface area contributed by atoms with E-state index in [0.29, 0.717) is 29.2 Å². The van der Waals surface area contributed by atoms with Gasteiger partial charge in [0.2, 0.25) is 5.95 Å². The molecule has 5 rings (SSSR count). The van der Waals surface area contributed by atoms with E-state index in [9.17, 15) is 9.36 Å². The van der Waals surface area contributed by atoms with Gasteiger partial charge in [-0.15, -0.1) is 12.3 Å². The number of esters is 1. The number of aromatic nitrogens is 4. The molecule has 0 radical (unpaired) electrons. The van der Waals surface area contributed by atoms with E-state index in [0.717, 1.165) is 10.8 Å². The molecule has 3 N–H and O–H groups in total. The molecule has 4 aromatic rings. The lowest BCUT2D eigenvalue weighted by Crippen LogP contribution is -2.37.